The van der Waals surface area contributed by atoms with Crippen LogP contribution in [0.5, 0.6) is 11.5 Å². The summed E-state index contributed by atoms with van der Waals surface area (Å²) in [5, 5.41) is 4.71. The molecule has 0 saturated heterocycles. The van der Waals surface area contributed by atoms with E-state index >= 15 is 0 Å². The molecule has 0 atom stereocenters. The van der Waals surface area contributed by atoms with Crippen molar-refractivity contribution in [1.29, 1.82) is 0 Å². The number of nitrogens with zero attached hydrogens (tertiary/aromatic N) is 1. The lowest BCUT2D eigenvalue weighted by atomic mass is 10.1. The van der Waals surface area contributed by atoms with Crippen molar-refractivity contribution < 1.29 is 23.9 Å². The third-order valence-electron chi connectivity index (χ3n) is 4.19. The van der Waals surface area contributed by atoms with Gasteiger partial charge in [-0.15, -0.1) is 0 Å². The van der Waals surface area contributed by atoms with Gasteiger partial charge in [0.25, 0.3) is 5.91 Å². The van der Waals surface area contributed by atoms with Crippen LogP contribution in [0.1, 0.15) is 21.5 Å². The maximum atomic E-state index is 12.4. The standard InChI is InChI=1S/C23H21N3O5/c1-15-9-10-19(16(2)12-15)25-23(29)26-21(27)14-30-22(28)18-7-3-4-8-20(18)31-17-6-5-11-24-13-17/h3-13H,14H2,1-2H3,(H2,25,26,27,29). The number of ether oxygens (including phenoxy) is 2. The van der Waals surface area contributed by atoms with Crippen LogP contribution in [0.4, 0.5) is 10.5 Å². The molecule has 0 spiro atoms. The Labute approximate surface area is 179 Å². The molecular formula is C23H21N3O5. The average Bonchev–Trinajstić information content (AvgIpc) is 2.75. The summed E-state index contributed by atoms with van der Waals surface area (Å²) < 4.78 is 10.7. The number of nitrogens with one attached hydrogen (secondary N) is 2. The largest absolute Gasteiger partial charge is 0.455 e. The average molecular weight is 419 g/mol. The molecule has 31 heavy (non-hydrogen) atoms. The third kappa shape index (κ3) is 6.14. The van der Waals surface area contributed by atoms with Crippen molar-refractivity contribution in [2.45, 2.75) is 13.8 Å². The summed E-state index contributed by atoms with van der Waals surface area (Å²) in [6.45, 7) is 3.16. The molecule has 8 heteroatoms. The van der Waals surface area contributed by atoms with Crippen molar-refractivity contribution in [2.24, 2.45) is 0 Å². The molecule has 0 aliphatic carbocycles. The van der Waals surface area contributed by atoms with Crippen molar-refractivity contribution in [2.75, 3.05) is 11.9 Å². The number of aromatic nitrogens is 1. The number of imide groups is 1. The zero-order chi connectivity index (χ0) is 22.2. The van der Waals surface area contributed by atoms with Crippen molar-refractivity contribution in [3.05, 3.63) is 83.7 Å². The fourth-order valence-electron chi connectivity index (χ4n) is 2.74. The molecule has 8 nitrogen and oxygen atoms in total. The molecule has 1 aromatic heterocycles. The molecular weight excluding hydrogens is 398 g/mol. The Morgan fingerprint density at radius 1 is 1.00 bits per heavy atom. The Balaban J connectivity index is 1.54. The molecule has 0 unspecified atom stereocenters. The van der Waals surface area contributed by atoms with Gasteiger partial charge in [0.2, 0.25) is 0 Å². The number of carbonyl (C=O) groups excluding carboxylic acids is 3. The smallest absolute Gasteiger partial charge is 0.342 e. The summed E-state index contributed by atoms with van der Waals surface area (Å²) in [4.78, 5) is 40.4. The lowest BCUT2D eigenvalue weighted by Crippen LogP contribution is -2.37. The van der Waals surface area contributed by atoms with Crippen LogP contribution in [-0.2, 0) is 9.53 Å². The van der Waals surface area contributed by atoms with E-state index in [1.165, 1.54) is 12.3 Å². The quantitative estimate of drug-likeness (QED) is 0.585. The minimum absolute atomic E-state index is 0.138. The number of aryl methyl sites for hydroxylation is 2. The number of hydrogen-bond acceptors (Lipinski definition) is 6. The Morgan fingerprint density at radius 3 is 2.55 bits per heavy atom. The summed E-state index contributed by atoms with van der Waals surface area (Å²) in [7, 11) is 0. The number of pyridine rings is 1. The van der Waals surface area contributed by atoms with Crippen LogP contribution >= 0.6 is 0 Å². The minimum Gasteiger partial charge on any atom is -0.455 e. The molecule has 0 saturated carbocycles. The predicted octanol–water partition coefficient (Wildman–Crippen LogP) is 4.00. The van der Waals surface area contributed by atoms with E-state index in [2.05, 4.69) is 15.6 Å². The lowest BCUT2D eigenvalue weighted by Gasteiger charge is -2.11. The van der Waals surface area contributed by atoms with Gasteiger partial charge in [0.1, 0.15) is 17.1 Å². The Hall–Kier alpha value is -4.20. The van der Waals surface area contributed by atoms with E-state index in [-0.39, 0.29) is 11.3 Å². The fraction of sp³-hybridized carbons (Fsp3) is 0.130. The molecule has 0 aliphatic rings. The molecule has 0 fully saturated rings. The molecule has 2 aromatic carbocycles. The van der Waals surface area contributed by atoms with Crippen LogP contribution in [0.2, 0.25) is 0 Å². The second kappa shape index (κ2) is 10.0. The number of carbonyl (C=O) groups is 3. The normalized spacial score (nSPS) is 10.1. The van der Waals surface area contributed by atoms with Crippen LogP contribution in [0.25, 0.3) is 0 Å². The summed E-state index contributed by atoms with van der Waals surface area (Å²) in [6.07, 6.45) is 3.10. The molecule has 2 N–H and O–H groups in total. The highest BCUT2D eigenvalue weighted by atomic mass is 16.5. The second-order valence-corrected chi connectivity index (χ2v) is 6.68. The van der Waals surface area contributed by atoms with Gasteiger partial charge in [-0.05, 0) is 49.7 Å². The molecule has 3 rings (SSSR count). The zero-order valence-corrected chi connectivity index (χ0v) is 17.0. The lowest BCUT2D eigenvalue weighted by molar-refractivity contribution is -0.123. The monoisotopic (exact) mass is 419 g/mol. The summed E-state index contributed by atoms with van der Waals surface area (Å²) in [5.74, 6) is -0.817. The Bertz CT molecular complexity index is 1100. The summed E-state index contributed by atoms with van der Waals surface area (Å²) >= 11 is 0. The Kier molecular flexibility index (Phi) is 6.95. The molecule has 0 aliphatic heterocycles. The number of benzene rings is 2. The van der Waals surface area contributed by atoms with Crippen LogP contribution in [-0.4, -0.2) is 29.5 Å². The number of urea groups is 1. The van der Waals surface area contributed by atoms with Gasteiger partial charge in [0.05, 0.1) is 6.20 Å². The second-order valence-electron chi connectivity index (χ2n) is 6.68. The number of hydrogen-bond donors (Lipinski definition) is 2. The van der Waals surface area contributed by atoms with Crippen molar-refractivity contribution in [3.63, 3.8) is 0 Å². The molecule has 3 amide bonds. The van der Waals surface area contributed by atoms with Gasteiger partial charge in [-0.1, -0.05) is 29.8 Å². The SMILES string of the molecule is Cc1ccc(NC(=O)NC(=O)COC(=O)c2ccccc2Oc2cccnc2)c(C)c1. The predicted molar refractivity (Wildman–Crippen MR) is 114 cm³/mol. The number of para-hydroxylation sites is 1. The van der Waals surface area contributed by atoms with Crippen molar-refractivity contribution >= 4 is 23.6 Å². The van der Waals surface area contributed by atoms with E-state index in [4.69, 9.17) is 9.47 Å². The first-order valence-corrected chi connectivity index (χ1v) is 9.44. The van der Waals surface area contributed by atoms with Gasteiger partial charge in [-0.2, -0.15) is 0 Å². The first-order valence-electron chi connectivity index (χ1n) is 9.44. The highest BCUT2D eigenvalue weighted by Gasteiger charge is 2.17. The van der Waals surface area contributed by atoms with Gasteiger partial charge in [-0.25, -0.2) is 9.59 Å². The van der Waals surface area contributed by atoms with E-state index in [9.17, 15) is 14.4 Å². The number of esters is 1. The van der Waals surface area contributed by atoms with Gasteiger partial charge < -0.3 is 14.8 Å². The summed E-state index contributed by atoms with van der Waals surface area (Å²) in [5.41, 5.74) is 2.63. The number of amides is 3. The van der Waals surface area contributed by atoms with E-state index in [0.29, 0.717) is 11.4 Å². The fourth-order valence-corrected chi connectivity index (χ4v) is 2.74. The van der Waals surface area contributed by atoms with Crippen LogP contribution in [0.3, 0.4) is 0 Å². The minimum atomic E-state index is -0.763. The topological polar surface area (TPSA) is 107 Å². The van der Waals surface area contributed by atoms with Gasteiger partial charge >= 0.3 is 12.0 Å². The van der Waals surface area contributed by atoms with Crippen LogP contribution < -0.4 is 15.4 Å². The zero-order valence-electron chi connectivity index (χ0n) is 17.0. The molecule has 1 heterocycles. The van der Waals surface area contributed by atoms with Gasteiger partial charge in [-0.3, -0.25) is 15.1 Å². The van der Waals surface area contributed by atoms with Gasteiger partial charge in [0.15, 0.2) is 6.61 Å². The van der Waals surface area contributed by atoms with Crippen molar-refractivity contribution in [1.82, 2.24) is 10.3 Å². The summed E-state index contributed by atoms with van der Waals surface area (Å²) in [6, 6.07) is 14.6. The van der Waals surface area contributed by atoms with E-state index in [1.54, 1.807) is 42.6 Å². The first kappa shape index (κ1) is 21.5. The van der Waals surface area contributed by atoms with Crippen molar-refractivity contribution in [3.8, 4) is 11.5 Å². The Morgan fingerprint density at radius 2 is 1.81 bits per heavy atom. The van der Waals surface area contributed by atoms with Gasteiger partial charge in [0, 0.05) is 11.9 Å². The third-order valence-corrected chi connectivity index (χ3v) is 4.19. The van der Waals surface area contributed by atoms with Crippen LogP contribution in [0, 0.1) is 13.8 Å². The maximum Gasteiger partial charge on any atom is 0.342 e. The maximum absolute atomic E-state index is 12.4. The molecule has 0 bridgehead atoms. The molecule has 3 aromatic rings. The molecule has 0 radical (unpaired) electrons. The number of rotatable bonds is 6. The van der Waals surface area contributed by atoms with E-state index < -0.39 is 24.5 Å². The first-order chi connectivity index (χ1) is 14.9. The van der Waals surface area contributed by atoms with Crippen LogP contribution in [0.15, 0.2) is 67.0 Å². The molecule has 158 valence electrons. The van der Waals surface area contributed by atoms with E-state index in [0.717, 1.165) is 11.1 Å². The number of anilines is 1. The highest BCUT2D eigenvalue weighted by molar-refractivity contribution is 6.02. The highest BCUT2D eigenvalue weighted by Crippen LogP contribution is 2.25. The van der Waals surface area contributed by atoms with E-state index in [1.807, 2.05) is 26.0 Å².